The summed E-state index contributed by atoms with van der Waals surface area (Å²) in [5.41, 5.74) is 3.68. The molecule has 25 heavy (non-hydrogen) atoms. The first kappa shape index (κ1) is 20.7. The topological polar surface area (TPSA) is 94.6 Å². The van der Waals surface area contributed by atoms with Crippen molar-refractivity contribution in [1.82, 2.24) is 15.5 Å². The Kier molecular flexibility index (Phi) is 8.12. The molecule has 0 aliphatic rings. The van der Waals surface area contributed by atoms with Crippen molar-refractivity contribution >= 4 is 18.1 Å². The number of nitrogens with one attached hydrogen (secondary N) is 2. The molecule has 0 spiro atoms. The number of pyridine rings is 1. The Morgan fingerprint density at radius 3 is 2.76 bits per heavy atom. The fourth-order valence-corrected chi connectivity index (χ4v) is 2.12. The molecular weight excluding hydrogens is 341 g/mol. The first-order chi connectivity index (χ1) is 11.8. The molecule has 10 heteroatoms. The summed E-state index contributed by atoms with van der Waals surface area (Å²) < 4.78 is 37.9. The van der Waals surface area contributed by atoms with Gasteiger partial charge in [0.2, 0.25) is 12.3 Å². The van der Waals surface area contributed by atoms with Crippen LogP contribution in [0.1, 0.15) is 38.2 Å². The number of hydroxylamine groups is 2. The van der Waals surface area contributed by atoms with Gasteiger partial charge >= 0.3 is 6.18 Å². The summed E-state index contributed by atoms with van der Waals surface area (Å²) in [6, 6.07) is 1.57. The Bertz CT molecular complexity index is 569. The molecule has 1 atom stereocenters. The van der Waals surface area contributed by atoms with Gasteiger partial charge in [-0.15, -0.1) is 0 Å². The summed E-state index contributed by atoms with van der Waals surface area (Å²) in [5, 5.41) is 9.63. The maximum Gasteiger partial charge on any atom is 0.416 e. The molecule has 2 amide bonds. The molecule has 3 N–H and O–H groups in total. The number of hydrogen-bond donors (Lipinski definition) is 3. The van der Waals surface area contributed by atoms with Crippen LogP contribution < -0.4 is 10.9 Å². The van der Waals surface area contributed by atoms with E-state index in [-0.39, 0.29) is 18.8 Å². The van der Waals surface area contributed by atoms with Crippen molar-refractivity contribution in [1.29, 1.82) is 0 Å². The first-order valence-electron chi connectivity index (χ1n) is 7.77. The van der Waals surface area contributed by atoms with Gasteiger partial charge in [0.15, 0.2) is 0 Å². The van der Waals surface area contributed by atoms with Crippen molar-refractivity contribution in [2.24, 2.45) is 5.92 Å². The molecule has 140 valence electrons. The fourth-order valence-electron chi connectivity index (χ4n) is 2.12. The van der Waals surface area contributed by atoms with E-state index in [1.165, 1.54) is 0 Å². The van der Waals surface area contributed by atoms with E-state index >= 15 is 0 Å². The number of rotatable bonds is 10. The Balaban J connectivity index is 2.68. The molecular formula is C15H21F3N4O3. The van der Waals surface area contributed by atoms with E-state index in [9.17, 15) is 28.0 Å². The number of carbonyl (C=O) groups is 2. The number of unbranched alkanes of at least 4 members (excludes halogenated alkanes) is 2. The molecule has 1 heterocycles. The average Bonchev–Trinajstić information content (AvgIpc) is 2.58. The summed E-state index contributed by atoms with van der Waals surface area (Å²) in [6.07, 6.45) is -0.436. The molecule has 0 aliphatic carbocycles. The summed E-state index contributed by atoms with van der Waals surface area (Å²) >= 11 is 0. The number of hydrazine groups is 1. The fraction of sp³-hybridized carbons (Fsp3) is 0.533. The smallest absolute Gasteiger partial charge is 0.286 e. The van der Waals surface area contributed by atoms with Crippen LogP contribution in [0.25, 0.3) is 0 Å². The van der Waals surface area contributed by atoms with Crippen LogP contribution in [0.4, 0.5) is 19.0 Å². The van der Waals surface area contributed by atoms with Crippen molar-refractivity contribution in [3.8, 4) is 0 Å². The van der Waals surface area contributed by atoms with E-state index in [1.54, 1.807) is 0 Å². The van der Waals surface area contributed by atoms with Gasteiger partial charge in [0.1, 0.15) is 5.82 Å². The van der Waals surface area contributed by atoms with E-state index < -0.39 is 23.6 Å². The monoisotopic (exact) mass is 362 g/mol. The van der Waals surface area contributed by atoms with Crippen LogP contribution in [0.2, 0.25) is 0 Å². The second-order valence-corrected chi connectivity index (χ2v) is 5.46. The maximum atomic E-state index is 12.6. The summed E-state index contributed by atoms with van der Waals surface area (Å²) in [4.78, 5) is 26.4. The van der Waals surface area contributed by atoms with Crippen molar-refractivity contribution in [2.45, 2.75) is 38.8 Å². The third kappa shape index (κ3) is 7.38. The highest BCUT2D eigenvalue weighted by molar-refractivity contribution is 5.80. The van der Waals surface area contributed by atoms with Crippen molar-refractivity contribution < 1.29 is 28.0 Å². The number of halogens is 3. The number of aromatic nitrogens is 1. The lowest BCUT2D eigenvalue weighted by Crippen LogP contribution is -2.40. The quantitative estimate of drug-likeness (QED) is 0.257. The number of alkyl halides is 3. The molecule has 1 aromatic rings. The number of amides is 2. The number of anilines is 1. The summed E-state index contributed by atoms with van der Waals surface area (Å²) in [6.45, 7) is 1.77. The normalized spacial score (nSPS) is 12.4. The van der Waals surface area contributed by atoms with E-state index in [0.29, 0.717) is 17.9 Å². The van der Waals surface area contributed by atoms with Gasteiger partial charge in [0.05, 0.1) is 18.0 Å². The van der Waals surface area contributed by atoms with Gasteiger partial charge in [-0.1, -0.05) is 26.2 Å². The molecule has 0 aromatic carbocycles. The van der Waals surface area contributed by atoms with Crippen LogP contribution in [0, 0.1) is 5.92 Å². The van der Waals surface area contributed by atoms with Crippen LogP contribution in [0.15, 0.2) is 18.3 Å². The van der Waals surface area contributed by atoms with Gasteiger partial charge in [-0.2, -0.15) is 13.2 Å². The van der Waals surface area contributed by atoms with Gasteiger partial charge in [-0.05, 0) is 18.6 Å². The zero-order valence-corrected chi connectivity index (χ0v) is 13.7. The number of carbonyl (C=O) groups excluding carboxylic acids is 2. The van der Waals surface area contributed by atoms with Gasteiger partial charge in [0.25, 0.3) is 0 Å². The summed E-state index contributed by atoms with van der Waals surface area (Å²) in [7, 11) is 0. The minimum absolute atomic E-state index is 0.174. The first-order valence-corrected chi connectivity index (χ1v) is 7.77. The molecule has 7 nitrogen and oxygen atoms in total. The number of nitrogens with zero attached hydrogens (tertiary/aromatic N) is 2. The minimum atomic E-state index is -4.52. The molecule has 0 bridgehead atoms. The second-order valence-electron chi connectivity index (χ2n) is 5.46. The van der Waals surface area contributed by atoms with Crippen LogP contribution >= 0.6 is 0 Å². The largest absolute Gasteiger partial charge is 0.416 e. The molecule has 0 unspecified atom stereocenters. The molecule has 0 radical (unpaired) electrons. The molecule has 0 saturated heterocycles. The average molecular weight is 362 g/mol. The zero-order valence-electron chi connectivity index (χ0n) is 13.7. The third-order valence-electron chi connectivity index (χ3n) is 3.46. The molecule has 0 fully saturated rings. The van der Waals surface area contributed by atoms with Gasteiger partial charge in [-0.25, -0.2) is 10.0 Å². The van der Waals surface area contributed by atoms with Crippen LogP contribution in [0.3, 0.4) is 0 Å². The predicted octanol–water partition coefficient (Wildman–Crippen LogP) is 2.59. The van der Waals surface area contributed by atoms with Gasteiger partial charge < -0.3 is 0 Å². The molecule has 1 aromatic heterocycles. The lowest BCUT2D eigenvalue weighted by atomic mass is 10.0. The second kappa shape index (κ2) is 9.82. The van der Waals surface area contributed by atoms with Crippen LogP contribution in [-0.2, 0) is 15.8 Å². The van der Waals surface area contributed by atoms with Crippen LogP contribution in [0.5, 0.6) is 0 Å². The molecule has 0 aliphatic heterocycles. The molecule has 0 saturated carbocycles. The zero-order chi connectivity index (χ0) is 18.9. The van der Waals surface area contributed by atoms with E-state index in [1.807, 2.05) is 6.92 Å². The SMILES string of the molecule is CCCCC[C@@H](CN(O)C=O)C(=O)NNc1cc(C(F)(F)F)ccn1. The Labute approximate surface area is 143 Å². The van der Waals surface area contributed by atoms with E-state index in [0.717, 1.165) is 31.2 Å². The maximum absolute atomic E-state index is 12.6. The van der Waals surface area contributed by atoms with Gasteiger partial charge in [-0.3, -0.25) is 25.6 Å². The standard InChI is InChI=1S/C15H21F3N4O3/c1-2-3-4-5-11(9-22(25)10-23)14(24)21-20-13-8-12(6-7-19-13)15(16,17)18/h6-8,10-11,25H,2-5,9H2,1H3,(H,19,20)(H,21,24)/t11-/m0/s1. The lowest BCUT2D eigenvalue weighted by molar-refractivity contribution is -0.154. The summed E-state index contributed by atoms with van der Waals surface area (Å²) in [5.74, 6) is -1.44. The van der Waals surface area contributed by atoms with Crippen molar-refractivity contribution in [2.75, 3.05) is 12.0 Å². The highest BCUT2D eigenvalue weighted by Gasteiger charge is 2.30. The Morgan fingerprint density at radius 1 is 1.44 bits per heavy atom. The Morgan fingerprint density at radius 2 is 2.16 bits per heavy atom. The minimum Gasteiger partial charge on any atom is -0.286 e. The Hall–Kier alpha value is -2.36. The van der Waals surface area contributed by atoms with Crippen molar-refractivity contribution in [3.05, 3.63) is 23.9 Å². The molecule has 1 rings (SSSR count). The number of hydrogen-bond acceptors (Lipinski definition) is 5. The van der Waals surface area contributed by atoms with E-state index in [2.05, 4.69) is 15.8 Å². The highest BCUT2D eigenvalue weighted by Crippen LogP contribution is 2.29. The van der Waals surface area contributed by atoms with E-state index in [4.69, 9.17) is 0 Å². The third-order valence-corrected chi connectivity index (χ3v) is 3.46. The van der Waals surface area contributed by atoms with Gasteiger partial charge in [0, 0.05) is 6.20 Å². The highest BCUT2D eigenvalue weighted by atomic mass is 19.4. The predicted molar refractivity (Wildman–Crippen MR) is 83.2 cm³/mol. The lowest BCUT2D eigenvalue weighted by Gasteiger charge is -2.20. The van der Waals surface area contributed by atoms with Crippen molar-refractivity contribution in [3.63, 3.8) is 0 Å². The van der Waals surface area contributed by atoms with Crippen LogP contribution in [-0.4, -0.2) is 34.1 Å².